The molecule has 0 spiro atoms. The Kier molecular flexibility index (Phi) is 4.57. The lowest BCUT2D eigenvalue weighted by Gasteiger charge is -2.22. The monoisotopic (exact) mass is 383 g/mol. The first-order valence-electron chi connectivity index (χ1n) is 8.82. The molecule has 0 radical (unpaired) electrons. The molecule has 6 nitrogen and oxygen atoms in total. The van der Waals surface area contributed by atoms with E-state index in [0.717, 1.165) is 27.2 Å². The summed E-state index contributed by atoms with van der Waals surface area (Å²) in [6, 6.07) is 10.1. The molecule has 1 unspecified atom stereocenters. The van der Waals surface area contributed by atoms with Gasteiger partial charge in [-0.25, -0.2) is 9.97 Å². The van der Waals surface area contributed by atoms with Crippen molar-refractivity contribution in [2.45, 2.75) is 20.0 Å². The number of carboxylic acid groups (broad SMARTS) is 1. The molecule has 1 aliphatic heterocycles. The number of aliphatic carboxylic acids is 1. The second-order valence-corrected chi connectivity index (χ2v) is 7.99. The standard InChI is InChI=1S/C20H21N3O3S/c1-20(19(24)25)8-9-23(12-20)17-16-14(13-6-4-3-5-7-13)11-27-18(16)22-15(21-17)10-26-2/h3-7,11H,8-10,12H2,1-2H3,(H,24,25). The second-order valence-electron chi connectivity index (χ2n) is 7.13. The highest BCUT2D eigenvalue weighted by Gasteiger charge is 2.41. The summed E-state index contributed by atoms with van der Waals surface area (Å²) in [4.78, 5) is 24.1. The fourth-order valence-electron chi connectivity index (χ4n) is 3.54. The molecular formula is C20H21N3O3S. The van der Waals surface area contributed by atoms with Crippen molar-refractivity contribution in [2.75, 3.05) is 25.1 Å². The van der Waals surface area contributed by atoms with Crippen LogP contribution < -0.4 is 4.90 Å². The van der Waals surface area contributed by atoms with Crippen LogP contribution >= 0.6 is 11.3 Å². The average molecular weight is 383 g/mol. The highest BCUT2D eigenvalue weighted by atomic mass is 32.1. The third-order valence-electron chi connectivity index (χ3n) is 5.11. The van der Waals surface area contributed by atoms with E-state index in [1.165, 1.54) is 0 Å². The van der Waals surface area contributed by atoms with Crippen LogP contribution in [0.25, 0.3) is 21.3 Å². The molecule has 0 aliphatic carbocycles. The number of ether oxygens (including phenoxy) is 1. The summed E-state index contributed by atoms with van der Waals surface area (Å²) in [5, 5.41) is 12.7. The maximum Gasteiger partial charge on any atom is 0.311 e. The molecule has 27 heavy (non-hydrogen) atoms. The molecule has 0 saturated carbocycles. The maximum absolute atomic E-state index is 11.7. The van der Waals surface area contributed by atoms with Crippen LogP contribution in [0.15, 0.2) is 35.7 Å². The summed E-state index contributed by atoms with van der Waals surface area (Å²) in [5.41, 5.74) is 1.42. The Labute approximate surface area is 161 Å². The average Bonchev–Trinajstić information content (AvgIpc) is 3.27. The van der Waals surface area contributed by atoms with Gasteiger partial charge in [0.2, 0.25) is 0 Å². The number of carbonyl (C=O) groups is 1. The van der Waals surface area contributed by atoms with Gasteiger partial charge in [-0.1, -0.05) is 30.3 Å². The Balaban J connectivity index is 1.87. The number of rotatable bonds is 5. The van der Waals surface area contributed by atoms with Gasteiger partial charge in [-0.15, -0.1) is 11.3 Å². The van der Waals surface area contributed by atoms with Crippen molar-refractivity contribution in [3.8, 4) is 11.1 Å². The van der Waals surface area contributed by atoms with E-state index in [1.807, 2.05) is 18.2 Å². The number of hydrogen-bond acceptors (Lipinski definition) is 6. The maximum atomic E-state index is 11.7. The molecule has 0 amide bonds. The smallest absolute Gasteiger partial charge is 0.311 e. The van der Waals surface area contributed by atoms with Gasteiger partial charge in [0, 0.05) is 31.1 Å². The van der Waals surface area contributed by atoms with E-state index in [-0.39, 0.29) is 0 Å². The number of carboxylic acids is 1. The SMILES string of the molecule is COCc1nc(N2CCC(C)(C(=O)O)C2)c2c(-c3ccccc3)csc2n1. The minimum absolute atomic E-state index is 0.325. The predicted octanol–water partition coefficient (Wildman–Crippen LogP) is 3.81. The summed E-state index contributed by atoms with van der Waals surface area (Å²) in [6.45, 7) is 3.22. The zero-order valence-electron chi connectivity index (χ0n) is 15.3. The largest absolute Gasteiger partial charge is 0.481 e. The third kappa shape index (κ3) is 3.17. The number of hydrogen-bond donors (Lipinski definition) is 1. The molecule has 1 aromatic carbocycles. The zero-order valence-corrected chi connectivity index (χ0v) is 16.1. The topological polar surface area (TPSA) is 75.5 Å². The van der Waals surface area contributed by atoms with Gasteiger partial charge in [0.05, 0.1) is 10.8 Å². The number of methoxy groups -OCH3 is 1. The molecule has 1 aliphatic rings. The van der Waals surface area contributed by atoms with Gasteiger partial charge in [-0.05, 0) is 18.9 Å². The van der Waals surface area contributed by atoms with Gasteiger partial charge in [-0.3, -0.25) is 4.79 Å². The molecule has 1 atom stereocenters. The number of fused-ring (bicyclic) bond motifs is 1. The Morgan fingerprint density at radius 1 is 1.33 bits per heavy atom. The van der Waals surface area contributed by atoms with Gasteiger partial charge >= 0.3 is 5.97 Å². The van der Waals surface area contributed by atoms with E-state index in [9.17, 15) is 9.90 Å². The lowest BCUT2D eigenvalue weighted by atomic mass is 9.90. The molecule has 0 bridgehead atoms. The summed E-state index contributed by atoms with van der Waals surface area (Å²) in [6.07, 6.45) is 0.595. The predicted molar refractivity (Wildman–Crippen MR) is 106 cm³/mol. The summed E-state index contributed by atoms with van der Waals surface area (Å²) < 4.78 is 5.23. The molecule has 1 N–H and O–H groups in total. The molecule has 7 heteroatoms. The van der Waals surface area contributed by atoms with Gasteiger partial charge in [0.15, 0.2) is 5.82 Å². The van der Waals surface area contributed by atoms with E-state index in [2.05, 4.69) is 27.4 Å². The number of thiophene rings is 1. The molecule has 3 heterocycles. The fourth-order valence-corrected chi connectivity index (χ4v) is 4.50. The summed E-state index contributed by atoms with van der Waals surface area (Å²) >= 11 is 1.58. The Morgan fingerprint density at radius 2 is 2.11 bits per heavy atom. The van der Waals surface area contributed by atoms with Crippen molar-refractivity contribution in [1.82, 2.24) is 9.97 Å². The van der Waals surface area contributed by atoms with Crippen LogP contribution in [0.4, 0.5) is 5.82 Å². The molecule has 3 aromatic rings. The summed E-state index contributed by atoms with van der Waals surface area (Å²) in [5.74, 6) is 0.656. The first kappa shape index (κ1) is 17.9. The first-order valence-corrected chi connectivity index (χ1v) is 9.70. The van der Waals surface area contributed by atoms with Crippen LogP contribution in [0.1, 0.15) is 19.2 Å². The lowest BCUT2D eigenvalue weighted by molar-refractivity contribution is -0.146. The molecule has 2 aromatic heterocycles. The van der Waals surface area contributed by atoms with Gasteiger partial charge in [0.25, 0.3) is 0 Å². The number of anilines is 1. The van der Waals surface area contributed by atoms with Crippen LogP contribution in [0.2, 0.25) is 0 Å². The number of nitrogens with zero attached hydrogens (tertiary/aromatic N) is 3. The minimum atomic E-state index is -0.763. The normalized spacial score (nSPS) is 19.7. The number of aromatic nitrogens is 2. The Bertz CT molecular complexity index is 989. The van der Waals surface area contributed by atoms with Crippen LogP contribution in [-0.4, -0.2) is 41.2 Å². The van der Waals surface area contributed by atoms with Crippen LogP contribution in [0, 0.1) is 5.41 Å². The lowest BCUT2D eigenvalue weighted by Crippen LogP contribution is -2.32. The van der Waals surface area contributed by atoms with Crippen molar-refractivity contribution in [3.05, 3.63) is 41.5 Å². The van der Waals surface area contributed by atoms with Crippen molar-refractivity contribution < 1.29 is 14.6 Å². The van der Waals surface area contributed by atoms with Crippen LogP contribution in [-0.2, 0) is 16.1 Å². The van der Waals surface area contributed by atoms with E-state index in [1.54, 1.807) is 25.4 Å². The van der Waals surface area contributed by atoms with E-state index in [4.69, 9.17) is 9.72 Å². The van der Waals surface area contributed by atoms with Gasteiger partial charge in [0.1, 0.15) is 17.3 Å². The quantitative estimate of drug-likeness (QED) is 0.722. The fraction of sp³-hybridized carbons (Fsp3) is 0.350. The Morgan fingerprint density at radius 3 is 2.78 bits per heavy atom. The van der Waals surface area contributed by atoms with Crippen LogP contribution in [0.3, 0.4) is 0 Å². The Hall–Kier alpha value is -2.51. The van der Waals surface area contributed by atoms with E-state index < -0.39 is 11.4 Å². The summed E-state index contributed by atoms with van der Waals surface area (Å²) in [7, 11) is 1.62. The van der Waals surface area contributed by atoms with Gasteiger partial charge in [-0.2, -0.15) is 0 Å². The molecule has 140 valence electrons. The zero-order chi connectivity index (χ0) is 19.0. The second kappa shape index (κ2) is 6.90. The highest BCUT2D eigenvalue weighted by molar-refractivity contribution is 7.17. The first-order chi connectivity index (χ1) is 13.0. The van der Waals surface area contributed by atoms with E-state index >= 15 is 0 Å². The third-order valence-corrected chi connectivity index (χ3v) is 5.98. The molecule has 1 saturated heterocycles. The van der Waals surface area contributed by atoms with Crippen LogP contribution in [0.5, 0.6) is 0 Å². The molecule has 4 rings (SSSR count). The van der Waals surface area contributed by atoms with Crippen molar-refractivity contribution in [1.29, 1.82) is 0 Å². The highest BCUT2D eigenvalue weighted by Crippen LogP contribution is 2.41. The minimum Gasteiger partial charge on any atom is -0.481 e. The van der Waals surface area contributed by atoms with Gasteiger partial charge < -0.3 is 14.7 Å². The van der Waals surface area contributed by atoms with E-state index in [0.29, 0.717) is 31.9 Å². The number of benzene rings is 1. The molecule has 1 fully saturated rings. The van der Waals surface area contributed by atoms with Crippen molar-refractivity contribution >= 4 is 33.3 Å². The molecular weight excluding hydrogens is 362 g/mol. The van der Waals surface area contributed by atoms with Crippen molar-refractivity contribution in [3.63, 3.8) is 0 Å². The van der Waals surface area contributed by atoms with Crippen molar-refractivity contribution in [2.24, 2.45) is 5.41 Å².